The molecule has 2 aromatic carbocycles. The van der Waals surface area contributed by atoms with E-state index >= 15 is 0 Å². The van der Waals surface area contributed by atoms with E-state index in [0.717, 1.165) is 16.3 Å². The van der Waals surface area contributed by atoms with E-state index in [1.54, 1.807) is 0 Å². The van der Waals surface area contributed by atoms with Crippen LogP contribution in [0.25, 0.3) is 10.8 Å². The van der Waals surface area contributed by atoms with E-state index in [1.807, 2.05) is 45.0 Å². The van der Waals surface area contributed by atoms with Crippen LogP contribution in [0.5, 0.6) is 0 Å². The van der Waals surface area contributed by atoms with Gasteiger partial charge >= 0.3 is 0 Å². The maximum absolute atomic E-state index is 14.6. The van der Waals surface area contributed by atoms with Gasteiger partial charge in [-0.25, -0.2) is 4.39 Å². The summed E-state index contributed by atoms with van der Waals surface area (Å²) in [5.74, 6) is -0.0783. The lowest BCUT2D eigenvalue weighted by atomic mass is 9.83. The molecule has 0 aliphatic carbocycles. The molecule has 0 N–H and O–H groups in total. The van der Waals surface area contributed by atoms with Crippen molar-refractivity contribution in [3.8, 4) is 0 Å². The quantitative estimate of drug-likeness (QED) is 0.579. The molecule has 0 bridgehead atoms. The number of rotatable bonds is 0. The van der Waals surface area contributed by atoms with Crippen molar-refractivity contribution in [2.24, 2.45) is 0 Å². The predicted molar refractivity (Wildman–Crippen MR) is 81.3 cm³/mol. The van der Waals surface area contributed by atoms with Crippen molar-refractivity contribution in [3.63, 3.8) is 0 Å². The molecule has 0 unspecified atom stereocenters. The molecular weight excluding hydrogens is 235 g/mol. The van der Waals surface area contributed by atoms with Gasteiger partial charge in [-0.15, -0.1) is 0 Å². The molecule has 1 heteroatoms. The first-order valence-corrected chi connectivity index (χ1v) is 6.84. The standard InChI is InChI=1S/C18H23F/c1-17(2,3)13-8-9-14-12(11-13)7-10-15(16(14)19)18(4,5)6/h7-11H,1-6H3. The highest BCUT2D eigenvalue weighted by atomic mass is 19.1. The van der Waals surface area contributed by atoms with Gasteiger partial charge in [0.2, 0.25) is 0 Å². The Balaban J connectivity index is 2.67. The van der Waals surface area contributed by atoms with Gasteiger partial charge in [-0.3, -0.25) is 0 Å². The van der Waals surface area contributed by atoms with Crippen LogP contribution < -0.4 is 0 Å². The molecule has 0 saturated heterocycles. The first kappa shape index (κ1) is 14.0. The SMILES string of the molecule is CC(C)(C)c1ccc2c(F)c(C(C)(C)C)ccc2c1. The molecule has 102 valence electrons. The molecule has 2 aromatic rings. The summed E-state index contributed by atoms with van der Waals surface area (Å²) in [5, 5.41) is 1.71. The second kappa shape index (κ2) is 4.33. The van der Waals surface area contributed by atoms with Gasteiger partial charge in [0.25, 0.3) is 0 Å². The molecule has 0 aromatic heterocycles. The van der Waals surface area contributed by atoms with Crippen LogP contribution in [0.2, 0.25) is 0 Å². The molecule has 0 nitrogen and oxygen atoms in total. The van der Waals surface area contributed by atoms with Gasteiger partial charge in [-0.2, -0.15) is 0 Å². The predicted octanol–water partition coefficient (Wildman–Crippen LogP) is 5.57. The van der Waals surface area contributed by atoms with Crippen LogP contribution in [-0.2, 0) is 10.8 Å². The average molecular weight is 258 g/mol. The van der Waals surface area contributed by atoms with Gasteiger partial charge < -0.3 is 0 Å². The van der Waals surface area contributed by atoms with Crippen LogP contribution in [0.3, 0.4) is 0 Å². The number of fused-ring (bicyclic) bond motifs is 1. The zero-order valence-electron chi connectivity index (χ0n) is 12.8. The maximum Gasteiger partial charge on any atom is 0.134 e. The van der Waals surface area contributed by atoms with Gasteiger partial charge in [0.15, 0.2) is 0 Å². The number of hydrogen-bond acceptors (Lipinski definition) is 0. The zero-order valence-corrected chi connectivity index (χ0v) is 12.8. The third kappa shape index (κ3) is 2.65. The monoisotopic (exact) mass is 258 g/mol. The highest BCUT2D eigenvalue weighted by Gasteiger charge is 2.21. The molecular formula is C18H23F. The normalized spacial score (nSPS) is 13.0. The first-order valence-electron chi connectivity index (χ1n) is 6.84. The van der Waals surface area contributed by atoms with Crippen LogP contribution in [0.1, 0.15) is 52.7 Å². The van der Waals surface area contributed by atoms with Gasteiger partial charge in [-0.1, -0.05) is 71.9 Å². The van der Waals surface area contributed by atoms with Gasteiger partial charge in [0.1, 0.15) is 5.82 Å². The summed E-state index contributed by atoms with van der Waals surface area (Å²) in [4.78, 5) is 0. The lowest BCUT2D eigenvalue weighted by molar-refractivity contribution is 0.529. The van der Waals surface area contributed by atoms with Crippen LogP contribution in [0.15, 0.2) is 30.3 Å². The fourth-order valence-electron chi connectivity index (χ4n) is 2.34. The Morgan fingerprint density at radius 2 is 1.42 bits per heavy atom. The van der Waals surface area contributed by atoms with Crippen molar-refractivity contribution in [1.29, 1.82) is 0 Å². The van der Waals surface area contributed by atoms with Crippen LogP contribution in [0, 0.1) is 5.82 Å². The number of benzene rings is 2. The Morgan fingerprint density at radius 1 is 0.789 bits per heavy atom. The van der Waals surface area contributed by atoms with Crippen molar-refractivity contribution in [1.82, 2.24) is 0 Å². The lowest BCUT2D eigenvalue weighted by Crippen LogP contribution is -2.14. The van der Waals surface area contributed by atoms with Gasteiger partial charge in [0.05, 0.1) is 0 Å². The van der Waals surface area contributed by atoms with Crippen molar-refractivity contribution in [2.75, 3.05) is 0 Å². The summed E-state index contributed by atoms with van der Waals surface area (Å²) in [7, 11) is 0. The summed E-state index contributed by atoms with van der Waals surface area (Å²) in [6.45, 7) is 12.7. The largest absolute Gasteiger partial charge is 0.206 e. The van der Waals surface area contributed by atoms with E-state index in [2.05, 4.69) is 26.8 Å². The molecule has 0 spiro atoms. The first-order chi connectivity index (χ1) is 8.60. The highest BCUT2D eigenvalue weighted by Crippen LogP contribution is 2.32. The number of hydrogen-bond donors (Lipinski definition) is 0. The molecule has 2 rings (SSSR count). The second-order valence-corrected chi connectivity index (χ2v) is 7.36. The third-order valence-electron chi connectivity index (χ3n) is 3.63. The van der Waals surface area contributed by atoms with E-state index < -0.39 is 0 Å². The molecule has 0 aliphatic rings. The van der Waals surface area contributed by atoms with Crippen LogP contribution >= 0.6 is 0 Å². The molecule has 0 heterocycles. The van der Waals surface area contributed by atoms with Crippen molar-refractivity contribution in [3.05, 3.63) is 47.3 Å². The van der Waals surface area contributed by atoms with E-state index in [4.69, 9.17) is 0 Å². The molecule has 19 heavy (non-hydrogen) atoms. The molecule has 0 amide bonds. The highest BCUT2D eigenvalue weighted by molar-refractivity contribution is 5.85. The van der Waals surface area contributed by atoms with E-state index in [0.29, 0.717) is 0 Å². The van der Waals surface area contributed by atoms with Crippen molar-refractivity contribution < 1.29 is 4.39 Å². The third-order valence-corrected chi connectivity index (χ3v) is 3.63. The van der Waals surface area contributed by atoms with E-state index in [1.165, 1.54) is 5.56 Å². The molecule has 0 atom stereocenters. The van der Waals surface area contributed by atoms with Gasteiger partial charge in [-0.05, 0) is 27.3 Å². The summed E-state index contributed by atoms with van der Waals surface area (Å²) < 4.78 is 14.6. The van der Waals surface area contributed by atoms with Crippen LogP contribution in [0.4, 0.5) is 4.39 Å². The summed E-state index contributed by atoms with van der Waals surface area (Å²) in [5.41, 5.74) is 1.94. The molecule has 0 aliphatic heterocycles. The second-order valence-electron chi connectivity index (χ2n) is 7.36. The Morgan fingerprint density at radius 3 is 1.95 bits per heavy atom. The topological polar surface area (TPSA) is 0 Å². The minimum atomic E-state index is -0.166. The van der Waals surface area contributed by atoms with E-state index in [9.17, 15) is 4.39 Å². The fourth-order valence-corrected chi connectivity index (χ4v) is 2.34. The lowest BCUT2D eigenvalue weighted by Gasteiger charge is -2.22. The van der Waals surface area contributed by atoms with Crippen molar-refractivity contribution in [2.45, 2.75) is 52.4 Å². The molecule has 0 fully saturated rings. The fraction of sp³-hybridized carbons (Fsp3) is 0.444. The Kier molecular flexibility index (Phi) is 3.20. The minimum absolute atomic E-state index is 0.0783. The van der Waals surface area contributed by atoms with Crippen LogP contribution in [-0.4, -0.2) is 0 Å². The zero-order chi connectivity index (χ0) is 14.4. The summed E-state index contributed by atoms with van der Waals surface area (Å²) in [6.07, 6.45) is 0. The maximum atomic E-state index is 14.6. The van der Waals surface area contributed by atoms with Crippen molar-refractivity contribution >= 4 is 10.8 Å². The minimum Gasteiger partial charge on any atom is -0.206 e. The van der Waals surface area contributed by atoms with E-state index in [-0.39, 0.29) is 16.6 Å². The Hall–Kier alpha value is -1.37. The smallest absolute Gasteiger partial charge is 0.134 e. The molecule has 0 saturated carbocycles. The Bertz CT molecular complexity index is 610. The number of halogens is 1. The molecule has 0 radical (unpaired) electrons. The summed E-state index contributed by atoms with van der Waals surface area (Å²) >= 11 is 0. The Labute approximate surface area is 115 Å². The van der Waals surface area contributed by atoms with Gasteiger partial charge in [0, 0.05) is 5.39 Å². The summed E-state index contributed by atoms with van der Waals surface area (Å²) in [6, 6.07) is 10.0. The average Bonchev–Trinajstić information content (AvgIpc) is 2.26.